The van der Waals surface area contributed by atoms with Gasteiger partial charge < -0.3 is 18.9 Å². The number of aryl methyl sites for hydroxylation is 2. The van der Waals surface area contributed by atoms with Gasteiger partial charge in [0, 0.05) is 49.1 Å². The molecule has 12 heteroatoms. The van der Waals surface area contributed by atoms with Gasteiger partial charge in [-0.1, -0.05) is 76.2 Å². The molecule has 1 atom stereocenters. The second-order valence-corrected chi connectivity index (χ2v) is 13.0. The quantitative estimate of drug-likeness (QED) is 0.0528. The molecule has 54 heavy (non-hydrogen) atoms. The molecule has 0 aliphatic rings. The predicted molar refractivity (Wildman–Crippen MR) is 206 cm³/mol. The van der Waals surface area contributed by atoms with E-state index in [0.29, 0.717) is 45.0 Å². The second-order valence-electron chi connectivity index (χ2n) is 12.8. The van der Waals surface area contributed by atoms with E-state index in [1.54, 1.807) is 48.5 Å². The standard InChI is InChI=1S/C21H30O5.C13H17ClO2.C8H14O3.V/c1-5-25-19(22)9-7-8-16-10-12-17(13-11-16)14-18(20(23)15(3)4)21(24)26-6-2;1-2-16-13(15)5-3-4-11-6-8-12(10-14)9-7-11;1-4-11-8(10)5-7(9)6(2)3;/h10-13,15,18H,5-9,14H2,1-4H3;6-9H,2-5,10H2,1H3;6H,4-5H2,1-3H3;. The zero-order valence-electron chi connectivity index (χ0n) is 33.5. The Morgan fingerprint density at radius 3 is 1.31 bits per heavy atom. The Balaban J connectivity index is 0. The first-order valence-electron chi connectivity index (χ1n) is 18.6. The molecule has 2 aromatic rings. The Hall–Kier alpha value is -3.47. The van der Waals surface area contributed by atoms with Crippen LogP contribution in [0.1, 0.15) is 110 Å². The number of benzene rings is 2. The monoisotopic (exact) mass is 811 g/mol. The van der Waals surface area contributed by atoms with Gasteiger partial charge >= 0.3 is 23.9 Å². The number of ether oxygens (including phenoxy) is 4. The first kappa shape index (κ1) is 52.6. The molecule has 301 valence electrons. The van der Waals surface area contributed by atoms with Crippen LogP contribution in [0.5, 0.6) is 0 Å². The fourth-order valence-corrected chi connectivity index (χ4v) is 4.89. The van der Waals surface area contributed by atoms with Crippen molar-refractivity contribution in [2.75, 3.05) is 26.4 Å². The molecule has 0 fully saturated rings. The molecule has 0 aliphatic carbocycles. The van der Waals surface area contributed by atoms with Crippen LogP contribution < -0.4 is 0 Å². The van der Waals surface area contributed by atoms with Gasteiger partial charge in [0.15, 0.2) is 0 Å². The van der Waals surface area contributed by atoms with Gasteiger partial charge in [0.2, 0.25) is 0 Å². The van der Waals surface area contributed by atoms with Crippen molar-refractivity contribution >= 4 is 47.0 Å². The minimum absolute atomic E-state index is 0. The summed E-state index contributed by atoms with van der Waals surface area (Å²) in [7, 11) is 0. The maximum atomic E-state index is 12.3. The van der Waals surface area contributed by atoms with E-state index in [-0.39, 0.29) is 66.9 Å². The van der Waals surface area contributed by atoms with E-state index >= 15 is 0 Å². The molecule has 0 saturated heterocycles. The summed E-state index contributed by atoms with van der Waals surface area (Å²) in [6.45, 7) is 15.7. The summed E-state index contributed by atoms with van der Waals surface area (Å²) in [6, 6.07) is 16.0. The number of carbonyl (C=O) groups is 6. The van der Waals surface area contributed by atoms with Crippen molar-refractivity contribution in [3.8, 4) is 0 Å². The number of ketones is 2. The second kappa shape index (κ2) is 31.8. The maximum absolute atomic E-state index is 12.3. The van der Waals surface area contributed by atoms with E-state index in [0.717, 1.165) is 42.4 Å². The molecule has 2 rings (SSSR count). The smallest absolute Gasteiger partial charge is 0.316 e. The Morgan fingerprint density at radius 2 is 0.944 bits per heavy atom. The first-order valence-corrected chi connectivity index (χ1v) is 19.2. The van der Waals surface area contributed by atoms with Crippen molar-refractivity contribution in [1.82, 2.24) is 0 Å². The molecule has 0 aromatic heterocycles. The maximum Gasteiger partial charge on any atom is 0.316 e. The molecule has 0 saturated carbocycles. The molecule has 0 amide bonds. The minimum Gasteiger partial charge on any atom is -0.466 e. The van der Waals surface area contributed by atoms with Crippen LogP contribution in [0.25, 0.3) is 0 Å². The zero-order chi connectivity index (χ0) is 40.2. The van der Waals surface area contributed by atoms with Crippen molar-refractivity contribution in [2.45, 2.75) is 113 Å². The first-order chi connectivity index (χ1) is 25.2. The van der Waals surface area contributed by atoms with Crippen molar-refractivity contribution in [3.63, 3.8) is 0 Å². The fraction of sp³-hybridized carbons (Fsp3) is 0.571. The Morgan fingerprint density at radius 1 is 0.556 bits per heavy atom. The summed E-state index contributed by atoms with van der Waals surface area (Å²) in [5, 5.41) is 0. The number of carbonyl (C=O) groups excluding carboxylic acids is 6. The summed E-state index contributed by atoms with van der Waals surface area (Å²) in [4.78, 5) is 68.6. The van der Waals surface area contributed by atoms with Crippen molar-refractivity contribution < 1.29 is 66.3 Å². The Labute approximate surface area is 339 Å². The number of alkyl halides is 1. The summed E-state index contributed by atoms with van der Waals surface area (Å²) < 4.78 is 19.4. The number of Topliss-reactive ketones (excluding diaryl/α,β-unsaturated/α-hetero) is 2. The van der Waals surface area contributed by atoms with E-state index in [1.807, 2.05) is 43.3 Å². The summed E-state index contributed by atoms with van der Waals surface area (Å²) >= 11 is 5.70. The molecular weight excluding hydrogens is 751 g/mol. The molecular formula is C42H61ClO10V. The molecule has 0 N–H and O–H groups in total. The van der Waals surface area contributed by atoms with Crippen LogP contribution in [0, 0.1) is 17.8 Å². The normalized spacial score (nSPS) is 10.7. The van der Waals surface area contributed by atoms with Crippen molar-refractivity contribution in [1.29, 1.82) is 0 Å². The molecule has 2 aromatic carbocycles. The minimum atomic E-state index is -0.760. The van der Waals surface area contributed by atoms with Gasteiger partial charge in [-0.15, -0.1) is 11.6 Å². The molecule has 0 bridgehead atoms. The van der Waals surface area contributed by atoms with E-state index < -0.39 is 17.9 Å². The van der Waals surface area contributed by atoms with Gasteiger partial charge in [-0.3, -0.25) is 28.8 Å². The van der Waals surface area contributed by atoms with Gasteiger partial charge in [0.05, 0.1) is 26.4 Å². The summed E-state index contributed by atoms with van der Waals surface area (Å²) in [5.41, 5.74) is 4.39. The molecule has 10 nitrogen and oxygen atoms in total. The van der Waals surface area contributed by atoms with Crippen LogP contribution in [0.2, 0.25) is 0 Å². The van der Waals surface area contributed by atoms with Crippen molar-refractivity contribution in [2.24, 2.45) is 17.8 Å². The topological polar surface area (TPSA) is 139 Å². The van der Waals surface area contributed by atoms with Crippen LogP contribution >= 0.6 is 11.6 Å². The molecule has 1 unspecified atom stereocenters. The van der Waals surface area contributed by atoms with Gasteiger partial charge in [-0.05, 0) is 82.1 Å². The Bertz CT molecular complexity index is 1370. The number of esters is 4. The number of hydrogen-bond donors (Lipinski definition) is 0. The predicted octanol–water partition coefficient (Wildman–Crippen LogP) is 7.99. The molecule has 0 spiro atoms. The molecule has 1 radical (unpaired) electrons. The largest absolute Gasteiger partial charge is 0.466 e. The number of rotatable bonds is 21. The van der Waals surface area contributed by atoms with Crippen LogP contribution in [0.3, 0.4) is 0 Å². The third kappa shape index (κ3) is 24.8. The van der Waals surface area contributed by atoms with E-state index in [4.69, 9.17) is 25.8 Å². The van der Waals surface area contributed by atoms with Crippen LogP contribution in [0.15, 0.2) is 48.5 Å². The number of hydrogen-bond acceptors (Lipinski definition) is 10. The van der Waals surface area contributed by atoms with Crippen LogP contribution in [-0.4, -0.2) is 61.9 Å². The van der Waals surface area contributed by atoms with Gasteiger partial charge in [0.1, 0.15) is 23.9 Å². The SMILES string of the molecule is CCOC(=O)CC(=O)C(C)C.CCOC(=O)CCCc1ccc(CC(C(=O)OCC)C(=O)C(C)C)cc1.CCOC(=O)CCCc1ccc(CCl)cc1.[V]. The molecule has 0 heterocycles. The third-order valence-electron chi connectivity index (χ3n) is 7.69. The van der Waals surface area contributed by atoms with E-state index in [2.05, 4.69) is 16.9 Å². The zero-order valence-corrected chi connectivity index (χ0v) is 35.6. The molecule has 0 aliphatic heterocycles. The van der Waals surface area contributed by atoms with Crippen LogP contribution in [0.4, 0.5) is 0 Å². The summed E-state index contributed by atoms with van der Waals surface area (Å²) in [5.74, 6) is -1.84. The van der Waals surface area contributed by atoms with E-state index in [1.165, 1.54) is 5.56 Å². The van der Waals surface area contributed by atoms with Gasteiger partial charge in [-0.2, -0.15) is 0 Å². The van der Waals surface area contributed by atoms with Gasteiger partial charge in [-0.25, -0.2) is 0 Å². The number of halogens is 1. The van der Waals surface area contributed by atoms with Crippen LogP contribution in [-0.2, 0) is 91.4 Å². The van der Waals surface area contributed by atoms with Crippen molar-refractivity contribution in [3.05, 3.63) is 70.8 Å². The fourth-order valence-electron chi connectivity index (χ4n) is 4.72. The van der Waals surface area contributed by atoms with E-state index in [9.17, 15) is 28.8 Å². The Kier molecular flexibility index (Phi) is 31.0. The average Bonchev–Trinajstić information content (AvgIpc) is 3.12. The van der Waals surface area contributed by atoms with Gasteiger partial charge in [0.25, 0.3) is 0 Å². The summed E-state index contributed by atoms with van der Waals surface area (Å²) in [6.07, 6.45) is 4.40. The average molecular weight is 812 g/mol. The third-order valence-corrected chi connectivity index (χ3v) is 8.00.